The molecule has 0 fully saturated rings. The van der Waals surface area contributed by atoms with Crippen molar-refractivity contribution in [3.63, 3.8) is 0 Å². The third-order valence-corrected chi connectivity index (χ3v) is 5.20. The number of esters is 2. The molecule has 32 heavy (non-hydrogen) atoms. The molecule has 168 valence electrons. The first kappa shape index (κ1) is 22.9. The molecule has 0 aliphatic carbocycles. The highest BCUT2D eigenvalue weighted by molar-refractivity contribution is 6.21. The molecule has 0 saturated carbocycles. The molecule has 1 aliphatic rings. The Bertz CT molecular complexity index is 1060. The van der Waals surface area contributed by atoms with Crippen LogP contribution in [0.25, 0.3) is 0 Å². The molecule has 2 amide bonds. The minimum absolute atomic E-state index is 0.0557. The average Bonchev–Trinajstić information content (AvgIpc) is 3.20. The third-order valence-electron chi connectivity index (χ3n) is 5.20. The Morgan fingerprint density at radius 1 is 1.00 bits per heavy atom. The van der Waals surface area contributed by atoms with E-state index in [9.17, 15) is 24.0 Å². The van der Waals surface area contributed by atoms with E-state index in [2.05, 4.69) is 4.98 Å². The van der Waals surface area contributed by atoms with Crippen LogP contribution in [-0.2, 0) is 14.3 Å². The van der Waals surface area contributed by atoms with Gasteiger partial charge in [0.25, 0.3) is 11.8 Å². The van der Waals surface area contributed by atoms with Crippen molar-refractivity contribution < 1.29 is 33.4 Å². The van der Waals surface area contributed by atoms with Gasteiger partial charge in [-0.1, -0.05) is 12.1 Å². The van der Waals surface area contributed by atoms with Crippen LogP contribution in [0, 0.1) is 13.8 Å². The lowest BCUT2D eigenvalue weighted by Crippen LogP contribution is -2.31. The van der Waals surface area contributed by atoms with Gasteiger partial charge in [0.05, 0.1) is 17.7 Å². The second kappa shape index (κ2) is 9.59. The standard InChI is InChI=1S/C23H24N2O7/c1-4-31-23(30)20-13(2)19(14(3)24-20)17(26)12-32-18(27)10-7-11-25-21(28)15-8-5-6-9-16(15)22(25)29/h5-6,8-9,24H,4,7,10-12H2,1-3H3. The number of Topliss-reactive ketones (excluding diaryl/α,β-unsaturated/α-hetero) is 1. The number of ketones is 1. The molecule has 3 rings (SSSR count). The monoisotopic (exact) mass is 440 g/mol. The van der Waals surface area contributed by atoms with Gasteiger partial charge < -0.3 is 14.5 Å². The van der Waals surface area contributed by atoms with Crippen LogP contribution in [0.1, 0.15) is 72.6 Å². The summed E-state index contributed by atoms with van der Waals surface area (Å²) >= 11 is 0. The lowest BCUT2D eigenvalue weighted by molar-refractivity contribution is -0.142. The zero-order chi connectivity index (χ0) is 23.4. The van der Waals surface area contributed by atoms with Crippen LogP contribution >= 0.6 is 0 Å². The van der Waals surface area contributed by atoms with E-state index in [-0.39, 0.29) is 49.1 Å². The molecular formula is C23H24N2O7. The number of hydrogen-bond donors (Lipinski definition) is 1. The number of imide groups is 1. The highest BCUT2D eigenvalue weighted by Gasteiger charge is 2.34. The molecule has 0 unspecified atom stereocenters. The zero-order valence-electron chi connectivity index (χ0n) is 18.1. The van der Waals surface area contributed by atoms with Crippen LogP contribution in [0.4, 0.5) is 0 Å². The first-order valence-electron chi connectivity index (χ1n) is 10.3. The van der Waals surface area contributed by atoms with E-state index < -0.39 is 24.3 Å². The summed E-state index contributed by atoms with van der Waals surface area (Å²) in [6.07, 6.45) is 0.160. The van der Waals surface area contributed by atoms with Crippen molar-refractivity contribution in [3.8, 4) is 0 Å². The van der Waals surface area contributed by atoms with Crippen molar-refractivity contribution in [1.82, 2.24) is 9.88 Å². The van der Waals surface area contributed by atoms with Gasteiger partial charge in [-0.25, -0.2) is 4.79 Å². The Labute approximate surface area is 184 Å². The highest BCUT2D eigenvalue weighted by atomic mass is 16.5. The molecule has 9 heteroatoms. The van der Waals surface area contributed by atoms with Crippen LogP contribution < -0.4 is 0 Å². The van der Waals surface area contributed by atoms with E-state index in [4.69, 9.17) is 9.47 Å². The quantitative estimate of drug-likeness (QED) is 0.361. The minimum Gasteiger partial charge on any atom is -0.461 e. The molecule has 0 atom stereocenters. The van der Waals surface area contributed by atoms with Crippen LogP contribution in [0.2, 0.25) is 0 Å². The topological polar surface area (TPSA) is 123 Å². The fourth-order valence-electron chi connectivity index (χ4n) is 3.69. The van der Waals surface area contributed by atoms with Gasteiger partial charge in [0, 0.05) is 24.2 Å². The van der Waals surface area contributed by atoms with Crippen LogP contribution in [-0.4, -0.2) is 59.2 Å². The molecule has 1 aromatic carbocycles. The van der Waals surface area contributed by atoms with Gasteiger partial charge in [0.15, 0.2) is 6.61 Å². The van der Waals surface area contributed by atoms with Crippen molar-refractivity contribution in [2.75, 3.05) is 19.8 Å². The molecule has 0 spiro atoms. The Kier molecular flexibility index (Phi) is 6.87. The summed E-state index contributed by atoms with van der Waals surface area (Å²) < 4.78 is 10.0. The predicted molar refractivity (Wildman–Crippen MR) is 113 cm³/mol. The van der Waals surface area contributed by atoms with Crippen LogP contribution in [0.5, 0.6) is 0 Å². The molecule has 1 aliphatic heterocycles. The zero-order valence-corrected chi connectivity index (χ0v) is 18.1. The number of amides is 2. The number of aromatic amines is 1. The minimum atomic E-state index is -0.619. The lowest BCUT2D eigenvalue weighted by atomic mass is 10.1. The molecule has 1 aromatic heterocycles. The van der Waals surface area contributed by atoms with E-state index in [0.717, 1.165) is 4.90 Å². The van der Waals surface area contributed by atoms with Gasteiger partial charge in [-0.2, -0.15) is 0 Å². The number of aryl methyl sites for hydroxylation is 1. The second-order valence-electron chi connectivity index (χ2n) is 7.34. The van der Waals surface area contributed by atoms with E-state index in [0.29, 0.717) is 22.4 Å². The number of aromatic nitrogens is 1. The molecule has 1 N–H and O–H groups in total. The Morgan fingerprint density at radius 2 is 1.62 bits per heavy atom. The van der Waals surface area contributed by atoms with Gasteiger partial charge in [-0.15, -0.1) is 0 Å². The Hall–Kier alpha value is -3.75. The third kappa shape index (κ3) is 4.46. The number of nitrogens with zero attached hydrogens (tertiary/aromatic N) is 1. The summed E-state index contributed by atoms with van der Waals surface area (Å²) in [7, 11) is 0. The largest absolute Gasteiger partial charge is 0.461 e. The molecule has 0 radical (unpaired) electrons. The Balaban J connectivity index is 1.50. The smallest absolute Gasteiger partial charge is 0.355 e. The molecule has 0 bridgehead atoms. The summed E-state index contributed by atoms with van der Waals surface area (Å²) in [6.45, 7) is 4.75. The number of carbonyl (C=O) groups is 5. The maximum atomic E-state index is 12.5. The second-order valence-corrected chi connectivity index (χ2v) is 7.34. The van der Waals surface area contributed by atoms with Crippen LogP contribution in [0.15, 0.2) is 24.3 Å². The number of hydrogen-bond acceptors (Lipinski definition) is 7. The summed E-state index contributed by atoms with van der Waals surface area (Å²) in [6, 6.07) is 6.55. The summed E-state index contributed by atoms with van der Waals surface area (Å²) in [5, 5.41) is 0. The SMILES string of the molecule is CCOC(=O)c1[nH]c(C)c(C(=O)COC(=O)CCCN2C(=O)c3ccccc3C2=O)c1C. The van der Waals surface area contributed by atoms with Crippen molar-refractivity contribution in [2.45, 2.75) is 33.6 Å². The molecule has 2 aromatic rings. The number of carbonyl (C=O) groups excluding carboxylic acids is 5. The Morgan fingerprint density at radius 3 is 2.22 bits per heavy atom. The average molecular weight is 440 g/mol. The van der Waals surface area contributed by atoms with Crippen molar-refractivity contribution >= 4 is 29.5 Å². The van der Waals surface area contributed by atoms with Crippen molar-refractivity contribution in [1.29, 1.82) is 0 Å². The van der Waals surface area contributed by atoms with E-state index in [1.807, 2.05) is 0 Å². The van der Waals surface area contributed by atoms with Crippen LogP contribution in [0.3, 0.4) is 0 Å². The maximum absolute atomic E-state index is 12.5. The summed E-state index contributed by atoms with van der Waals surface area (Å²) in [5.41, 5.74) is 2.10. The van der Waals surface area contributed by atoms with Gasteiger partial charge in [0.1, 0.15) is 5.69 Å². The number of H-pyrrole nitrogens is 1. The molecular weight excluding hydrogens is 416 g/mol. The van der Waals surface area contributed by atoms with Gasteiger partial charge in [0.2, 0.25) is 5.78 Å². The first-order valence-corrected chi connectivity index (χ1v) is 10.3. The van der Waals surface area contributed by atoms with Crippen molar-refractivity contribution in [3.05, 3.63) is 57.9 Å². The van der Waals surface area contributed by atoms with Crippen molar-refractivity contribution in [2.24, 2.45) is 0 Å². The first-order chi connectivity index (χ1) is 15.3. The lowest BCUT2D eigenvalue weighted by Gasteiger charge is -2.13. The highest BCUT2D eigenvalue weighted by Crippen LogP contribution is 2.23. The fourth-order valence-corrected chi connectivity index (χ4v) is 3.69. The van der Waals surface area contributed by atoms with Gasteiger partial charge in [-0.3, -0.25) is 24.1 Å². The van der Waals surface area contributed by atoms with E-state index >= 15 is 0 Å². The fraction of sp³-hybridized carbons (Fsp3) is 0.348. The number of nitrogens with one attached hydrogen (secondary N) is 1. The number of benzene rings is 1. The van der Waals surface area contributed by atoms with Gasteiger partial charge in [-0.05, 0) is 44.9 Å². The molecule has 0 saturated heterocycles. The summed E-state index contributed by atoms with van der Waals surface area (Å²) in [5.74, 6) is -2.39. The molecule has 2 heterocycles. The summed E-state index contributed by atoms with van der Waals surface area (Å²) in [4.78, 5) is 65.1. The number of ether oxygens (including phenoxy) is 2. The van der Waals surface area contributed by atoms with E-state index in [1.54, 1.807) is 45.0 Å². The normalized spacial score (nSPS) is 12.7. The van der Waals surface area contributed by atoms with E-state index in [1.165, 1.54) is 0 Å². The number of fused-ring (bicyclic) bond motifs is 1. The molecule has 9 nitrogen and oxygen atoms in total. The maximum Gasteiger partial charge on any atom is 0.355 e. The number of rotatable bonds is 9. The van der Waals surface area contributed by atoms with Gasteiger partial charge >= 0.3 is 11.9 Å². The predicted octanol–water partition coefficient (Wildman–Crippen LogP) is 2.61.